The van der Waals surface area contributed by atoms with Crippen LogP contribution in [0.25, 0.3) is 0 Å². The molecule has 0 aliphatic carbocycles. The van der Waals surface area contributed by atoms with Crippen molar-refractivity contribution in [2.75, 3.05) is 96.3 Å². The highest BCUT2D eigenvalue weighted by atomic mass is 32.2. The monoisotopic (exact) mass is 877 g/mol. The molecule has 0 bridgehead atoms. The van der Waals surface area contributed by atoms with E-state index < -0.39 is 0 Å². The summed E-state index contributed by atoms with van der Waals surface area (Å²) in [7, 11) is 4.38. The molecule has 8 heteroatoms. The molecule has 0 N–H and O–H groups in total. The fourth-order valence-corrected chi connectivity index (χ4v) is 10.6. The van der Waals surface area contributed by atoms with Gasteiger partial charge in [0.25, 0.3) is 0 Å². The third-order valence-electron chi connectivity index (χ3n) is 12.3. The first-order chi connectivity index (χ1) is 27.1. The molecule has 0 aromatic rings. The van der Waals surface area contributed by atoms with Gasteiger partial charge in [-0.15, -0.1) is 0 Å². The van der Waals surface area contributed by atoms with Gasteiger partial charge in [0.2, 0.25) is 0 Å². The maximum atomic E-state index is 5.56. The SMILES string of the molecule is C.C.CC1CC(C)OC(C)C1.CC1CCN(C)C1.CC1CCN(C)CC1.CC1CCOC1.CC1CCOCC1.CC1CCSC1.CC1CCSCC1.CC1COC(C)C1. The summed E-state index contributed by atoms with van der Waals surface area (Å²) in [6.45, 7) is 34.9. The third kappa shape index (κ3) is 37.5. The largest absolute Gasteiger partial charge is 0.381 e. The summed E-state index contributed by atoms with van der Waals surface area (Å²) in [4.78, 5) is 4.78. The minimum Gasteiger partial charge on any atom is -0.381 e. The van der Waals surface area contributed by atoms with Crippen LogP contribution in [0.2, 0.25) is 0 Å². The van der Waals surface area contributed by atoms with Crippen molar-refractivity contribution in [3.63, 3.8) is 0 Å². The standard InChI is InChI=1S/C8H16O.C7H15N.C6H13N.2C6H12O.C6H12S.C5H10O.C5H10S.2CH4/c1-6-4-7(2)9-8(3)5-6;1-7-3-5-8(2)6-4-7;1-6-3-4-7(2)5-6;1-5-3-6(2)7-4-5;2*1-6-2-4-7-5-3-6;2*1-5-2-3-6-4-5;;/h6-8H,4-5H2,1-3H3;7H,3-6H2,1-2H3;6H,3-5H2,1-2H3;5-6H,3-4H2,1-2H3;2*6H,2-5H2,1H3;2*5H,2-4H2,1H3;2*1H4. The van der Waals surface area contributed by atoms with E-state index in [1.165, 1.54) is 126 Å². The minimum atomic E-state index is 0. The first-order valence-corrected chi connectivity index (χ1v) is 26.4. The fourth-order valence-electron chi connectivity index (χ4n) is 8.00. The van der Waals surface area contributed by atoms with E-state index >= 15 is 0 Å². The number of likely N-dealkylation sites (tertiary alicyclic amines) is 2. The van der Waals surface area contributed by atoms with E-state index in [-0.39, 0.29) is 14.9 Å². The number of hydrogen-bond acceptors (Lipinski definition) is 8. The molecule has 8 heterocycles. The molecule has 0 amide bonds. The van der Waals surface area contributed by atoms with E-state index in [1.54, 1.807) is 0 Å². The maximum Gasteiger partial charge on any atom is 0.0553 e. The quantitative estimate of drug-likeness (QED) is 0.238. The second-order valence-corrected chi connectivity index (χ2v) is 22.4. The Morgan fingerprint density at radius 3 is 1.10 bits per heavy atom. The highest BCUT2D eigenvalue weighted by molar-refractivity contribution is 7.99. The van der Waals surface area contributed by atoms with Crippen molar-refractivity contribution >= 4 is 23.5 Å². The summed E-state index contributed by atoms with van der Waals surface area (Å²) in [5.41, 5.74) is 0. The summed E-state index contributed by atoms with van der Waals surface area (Å²) in [6.07, 6.45) is 17.6. The van der Waals surface area contributed by atoms with E-state index in [1.807, 2.05) is 0 Å². The van der Waals surface area contributed by atoms with Gasteiger partial charge in [-0.1, -0.05) is 70.2 Å². The molecule has 8 rings (SSSR count). The molecule has 0 spiro atoms. The van der Waals surface area contributed by atoms with Crippen molar-refractivity contribution in [3.8, 4) is 0 Å². The van der Waals surface area contributed by atoms with Gasteiger partial charge in [0.05, 0.1) is 18.3 Å². The van der Waals surface area contributed by atoms with Crippen LogP contribution < -0.4 is 0 Å². The summed E-state index contributed by atoms with van der Waals surface area (Å²) in [6, 6.07) is 0. The van der Waals surface area contributed by atoms with E-state index in [0.29, 0.717) is 18.3 Å². The highest BCUT2D eigenvalue weighted by Crippen LogP contribution is 2.24. The number of piperidine rings is 1. The van der Waals surface area contributed by atoms with E-state index in [4.69, 9.17) is 18.9 Å². The molecule has 6 nitrogen and oxygen atoms in total. The maximum absolute atomic E-state index is 5.56. The Kier molecular flexibility index (Phi) is 40.6. The molecule has 0 radical (unpaired) electrons. The Balaban J connectivity index is 0. The van der Waals surface area contributed by atoms with Crippen LogP contribution in [-0.4, -0.2) is 124 Å². The molecule has 7 atom stereocenters. The summed E-state index contributed by atoms with van der Waals surface area (Å²) < 4.78 is 21.0. The van der Waals surface area contributed by atoms with Gasteiger partial charge in [0.15, 0.2) is 0 Å². The molecule has 8 aliphatic heterocycles. The molecule has 8 saturated heterocycles. The Morgan fingerprint density at radius 2 is 0.864 bits per heavy atom. The second kappa shape index (κ2) is 38.9. The Bertz CT molecular complexity index is 765. The van der Waals surface area contributed by atoms with Crippen molar-refractivity contribution in [2.24, 2.45) is 47.3 Å². The number of hydrogen-bond donors (Lipinski definition) is 0. The Hall–Kier alpha value is 0.460. The van der Waals surface area contributed by atoms with Crippen LogP contribution in [0.15, 0.2) is 0 Å². The molecule has 0 aromatic heterocycles. The Morgan fingerprint density at radius 1 is 0.407 bits per heavy atom. The van der Waals surface area contributed by atoms with Crippen LogP contribution in [0, 0.1) is 47.3 Å². The second-order valence-electron chi connectivity index (χ2n) is 20.0. The normalized spacial score (nSPS) is 32.5. The lowest BCUT2D eigenvalue weighted by Crippen LogP contribution is -2.28. The predicted molar refractivity (Wildman–Crippen MR) is 269 cm³/mol. The highest BCUT2D eigenvalue weighted by Gasteiger charge is 2.20. The third-order valence-corrected chi connectivity index (χ3v) is 14.7. The lowest BCUT2D eigenvalue weighted by atomic mass is 9.95. The van der Waals surface area contributed by atoms with Gasteiger partial charge in [-0.3, -0.25) is 0 Å². The zero-order valence-corrected chi connectivity index (χ0v) is 42.0. The number of thioether (sulfide) groups is 2. The molecule has 7 unspecified atom stereocenters. The van der Waals surface area contributed by atoms with Crippen LogP contribution >= 0.6 is 23.5 Å². The van der Waals surface area contributed by atoms with Crippen LogP contribution in [0.1, 0.15) is 168 Å². The molecule has 0 saturated carbocycles. The van der Waals surface area contributed by atoms with E-state index in [0.717, 1.165) is 80.4 Å². The molecule has 59 heavy (non-hydrogen) atoms. The van der Waals surface area contributed by atoms with E-state index in [9.17, 15) is 0 Å². The van der Waals surface area contributed by atoms with Gasteiger partial charge in [0.1, 0.15) is 0 Å². The molecular formula is C51H108N2O4S2. The smallest absolute Gasteiger partial charge is 0.0553 e. The van der Waals surface area contributed by atoms with Gasteiger partial charge in [0, 0.05) is 39.6 Å². The van der Waals surface area contributed by atoms with Crippen LogP contribution in [0.3, 0.4) is 0 Å². The van der Waals surface area contributed by atoms with Crippen LogP contribution in [0.4, 0.5) is 0 Å². The van der Waals surface area contributed by atoms with Crippen LogP contribution in [0.5, 0.6) is 0 Å². The van der Waals surface area contributed by atoms with Gasteiger partial charge in [-0.25, -0.2) is 0 Å². The number of ether oxygens (including phenoxy) is 4. The Labute approximate surface area is 380 Å². The zero-order valence-electron chi connectivity index (χ0n) is 40.4. The lowest BCUT2D eigenvalue weighted by Gasteiger charge is -2.29. The summed E-state index contributed by atoms with van der Waals surface area (Å²) in [5, 5.41) is 0. The number of nitrogens with zero attached hydrogens (tertiary/aromatic N) is 2. The van der Waals surface area contributed by atoms with Crippen molar-refractivity contribution < 1.29 is 18.9 Å². The number of rotatable bonds is 0. The average Bonchev–Trinajstić information content (AvgIpc) is 4.00. The van der Waals surface area contributed by atoms with Crippen molar-refractivity contribution in [1.29, 1.82) is 0 Å². The first-order valence-electron chi connectivity index (χ1n) is 24.1. The summed E-state index contributed by atoms with van der Waals surface area (Å²) in [5.74, 6) is 13.0. The average molecular weight is 878 g/mol. The fraction of sp³-hybridized carbons (Fsp3) is 1.00. The minimum absolute atomic E-state index is 0. The van der Waals surface area contributed by atoms with Gasteiger partial charge in [-0.2, -0.15) is 23.5 Å². The molecular weight excluding hydrogens is 769 g/mol. The van der Waals surface area contributed by atoms with Gasteiger partial charge < -0.3 is 28.7 Å². The van der Waals surface area contributed by atoms with Crippen LogP contribution in [-0.2, 0) is 18.9 Å². The van der Waals surface area contributed by atoms with Gasteiger partial charge >= 0.3 is 0 Å². The van der Waals surface area contributed by atoms with Crippen molar-refractivity contribution in [1.82, 2.24) is 9.80 Å². The van der Waals surface area contributed by atoms with Gasteiger partial charge in [-0.05, 0) is 202 Å². The molecule has 0 aromatic carbocycles. The molecule has 358 valence electrons. The predicted octanol–water partition coefficient (Wildman–Crippen LogP) is 13.6. The topological polar surface area (TPSA) is 43.4 Å². The van der Waals surface area contributed by atoms with E-state index in [2.05, 4.69) is 124 Å². The summed E-state index contributed by atoms with van der Waals surface area (Å²) >= 11 is 4.18. The lowest BCUT2D eigenvalue weighted by molar-refractivity contribution is -0.0485. The molecule has 8 aliphatic rings. The van der Waals surface area contributed by atoms with Crippen molar-refractivity contribution in [2.45, 2.75) is 186 Å². The zero-order chi connectivity index (χ0) is 42.4. The van der Waals surface area contributed by atoms with Crippen molar-refractivity contribution in [3.05, 3.63) is 0 Å². The first kappa shape index (κ1) is 61.5. The molecule has 8 fully saturated rings.